The number of thioether (sulfide) groups is 1. The van der Waals surface area contributed by atoms with Gasteiger partial charge in [-0.3, -0.25) is 4.79 Å². The number of carbonyl (C=O) groups is 2. The summed E-state index contributed by atoms with van der Waals surface area (Å²) in [4.78, 5) is 30.5. The number of fused-ring (bicyclic) bond motifs is 1. The molecular formula is C22H20N2O3S2. The molecule has 0 N–H and O–H groups in total. The number of terminal acetylenes is 1. The Hall–Kier alpha value is -2.82. The molecule has 148 valence electrons. The molecule has 7 heteroatoms. The molecule has 3 aromatic rings. The van der Waals surface area contributed by atoms with Crippen molar-refractivity contribution in [2.45, 2.75) is 24.8 Å². The predicted octanol–water partition coefficient (Wildman–Crippen LogP) is 3.90. The molecule has 0 unspecified atom stereocenters. The number of ether oxygens (including phenoxy) is 1. The summed E-state index contributed by atoms with van der Waals surface area (Å²) >= 11 is 2.98. The average Bonchev–Trinajstić information content (AvgIpc) is 3.05. The first-order chi connectivity index (χ1) is 14.0. The number of hydrogen-bond acceptors (Lipinski definition) is 5. The minimum Gasteiger partial charge on any atom is -0.462 e. The summed E-state index contributed by atoms with van der Waals surface area (Å²) in [5.41, 5.74) is 2.20. The maximum absolute atomic E-state index is 12.5. The minimum absolute atomic E-state index is 0.215. The van der Waals surface area contributed by atoms with Crippen LogP contribution < -0.4 is 4.80 Å². The molecule has 0 aliphatic carbocycles. The van der Waals surface area contributed by atoms with E-state index in [0.29, 0.717) is 17.0 Å². The monoisotopic (exact) mass is 424 g/mol. The zero-order valence-electron chi connectivity index (χ0n) is 16.2. The Morgan fingerprint density at radius 2 is 2.00 bits per heavy atom. The van der Waals surface area contributed by atoms with Crippen molar-refractivity contribution in [1.29, 1.82) is 0 Å². The van der Waals surface area contributed by atoms with Gasteiger partial charge in [-0.25, -0.2) is 4.79 Å². The van der Waals surface area contributed by atoms with Gasteiger partial charge in [-0.15, -0.1) is 18.2 Å². The van der Waals surface area contributed by atoms with Crippen LogP contribution in [0.15, 0.2) is 52.4 Å². The summed E-state index contributed by atoms with van der Waals surface area (Å²) in [6, 6.07) is 13.1. The Morgan fingerprint density at radius 3 is 2.66 bits per heavy atom. The number of amides is 1. The molecular weight excluding hydrogens is 404 g/mol. The second kappa shape index (κ2) is 9.59. The third kappa shape index (κ3) is 4.97. The van der Waals surface area contributed by atoms with Crippen molar-refractivity contribution in [2.75, 3.05) is 12.9 Å². The first-order valence-corrected chi connectivity index (χ1v) is 11.0. The van der Waals surface area contributed by atoms with E-state index in [1.54, 1.807) is 36.9 Å². The van der Waals surface area contributed by atoms with Gasteiger partial charge in [0.05, 0.1) is 35.4 Å². The highest BCUT2D eigenvalue weighted by atomic mass is 32.2. The maximum atomic E-state index is 12.5. The highest BCUT2D eigenvalue weighted by Crippen LogP contribution is 2.20. The van der Waals surface area contributed by atoms with Crippen molar-refractivity contribution in [2.24, 2.45) is 4.99 Å². The Morgan fingerprint density at radius 1 is 1.24 bits per heavy atom. The van der Waals surface area contributed by atoms with Gasteiger partial charge in [-0.1, -0.05) is 29.4 Å². The van der Waals surface area contributed by atoms with E-state index < -0.39 is 0 Å². The molecule has 0 radical (unpaired) electrons. The number of thiazole rings is 1. The molecule has 0 bridgehead atoms. The van der Waals surface area contributed by atoms with Crippen molar-refractivity contribution in [3.8, 4) is 12.3 Å². The average molecular weight is 425 g/mol. The van der Waals surface area contributed by atoms with E-state index >= 15 is 0 Å². The molecule has 0 aliphatic heterocycles. The highest BCUT2D eigenvalue weighted by Gasteiger charge is 2.12. The molecule has 0 atom stereocenters. The Kier molecular flexibility index (Phi) is 6.91. The molecule has 1 amide bonds. The molecule has 1 heterocycles. The Balaban J connectivity index is 1.95. The molecule has 1 aromatic heterocycles. The third-order valence-corrected chi connectivity index (χ3v) is 5.96. The van der Waals surface area contributed by atoms with Gasteiger partial charge in [0, 0.05) is 4.90 Å². The van der Waals surface area contributed by atoms with Crippen molar-refractivity contribution < 1.29 is 14.3 Å². The number of nitrogens with zero attached hydrogens (tertiary/aromatic N) is 2. The normalized spacial score (nSPS) is 11.4. The van der Waals surface area contributed by atoms with E-state index in [2.05, 4.69) is 10.9 Å². The number of aromatic nitrogens is 1. The molecule has 0 saturated carbocycles. The van der Waals surface area contributed by atoms with Gasteiger partial charge in [0.1, 0.15) is 0 Å². The number of rotatable bonds is 6. The van der Waals surface area contributed by atoms with Crippen LogP contribution in [-0.2, 0) is 22.5 Å². The van der Waals surface area contributed by atoms with Crippen molar-refractivity contribution in [3.63, 3.8) is 0 Å². The zero-order valence-corrected chi connectivity index (χ0v) is 17.8. The van der Waals surface area contributed by atoms with Crippen LogP contribution in [0.5, 0.6) is 0 Å². The lowest BCUT2D eigenvalue weighted by molar-refractivity contribution is -0.117. The van der Waals surface area contributed by atoms with Gasteiger partial charge in [0.2, 0.25) is 0 Å². The Bertz CT molecular complexity index is 1150. The van der Waals surface area contributed by atoms with Crippen LogP contribution in [0.2, 0.25) is 0 Å². The lowest BCUT2D eigenvalue weighted by atomic mass is 10.1. The summed E-state index contributed by atoms with van der Waals surface area (Å²) in [7, 11) is 0. The quantitative estimate of drug-likeness (QED) is 0.342. The lowest BCUT2D eigenvalue weighted by Crippen LogP contribution is -2.17. The van der Waals surface area contributed by atoms with Gasteiger partial charge < -0.3 is 9.30 Å². The summed E-state index contributed by atoms with van der Waals surface area (Å²) in [5, 5.41) is 0. The van der Waals surface area contributed by atoms with E-state index in [4.69, 9.17) is 11.2 Å². The Labute approximate surface area is 177 Å². The van der Waals surface area contributed by atoms with E-state index in [1.807, 2.05) is 35.1 Å². The summed E-state index contributed by atoms with van der Waals surface area (Å²) in [6.07, 6.45) is 7.73. The summed E-state index contributed by atoms with van der Waals surface area (Å²) in [6.45, 7) is 2.36. The largest absolute Gasteiger partial charge is 0.462 e. The van der Waals surface area contributed by atoms with Crippen molar-refractivity contribution in [3.05, 3.63) is 58.4 Å². The zero-order chi connectivity index (χ0) is 20.8. The number of benzene rings is 2. The van der Waals surface area contributed by atoms with Crippen LogP contribution in [0.25, 0.3) is 10.2 Å². The second-order valence-electron chi connectivity index (χ2n) is 6.11. The highest BCUT2D eigenvalue weighted by molar-refractivity contribution is 7.98. The van der Waals surface area contributed by atoms with E-state index in [0.717, 1.165) is 20.7 Å². The summed E-state index contributed by atoms with van der Waals surface area (Å²) in [5.74, 6) is 1.97. The van der Waals surface area contributed by atoms with Crippen LogP contribution in [0.4, 0.5) is 0 Å². The molecule has 5 nitrogen and oxygen atoms in total. The van der Waals surface area contributed by atoms with Gasteiger partial charge in [0.15, 0.2) is 4.80 Å². The van der Waals surface area contributed by atoms with Crippen LogP contribution in [0, 0.1) is 12.3 Å². The molecule has 0 saturated heterocycles. The molecule has 0 fully saturated rings. The van der Waals surface area contributed by atoms with Crippen LogP contribution >= 0.6 is 23.1 Å². The fourth-order valence-corrected chi connectivity index (χ4v) is 4.30. The van der Waals surface area contributed by atoms with Crippen LogP contribution in [0.3, 0.4) is 0 Å². The fourth-order valence-electron chi connectivity index (χ4n) is 2.81. The first-order valence-electron chi connectivity index (χ1n) is 9.00. The van der Waals surface area contributed by atoms with E-state index in [9.17, 15) is 9.59 Å². The lowest BCUT2D eigenvalue weighted by Gasteiger charge is -2.03. The van der Waals surface area contributed by atoms with Crippen molar-refractivity contribution >= 4 is 45.2 Å². The van der Waals surface area contributed by atoms with Gasteiger partial charge in [-0.2, -0.15) is 4.99 Å². The van der Waals surface area contributed by atoms with Crippen molar-refractivity contribution in [1.82, 2.24) is 4.57 Å². The number of carbonyl (C=O) groups excluding carboxylic acids is 2. The second-order valence-corrected chi connectivity index (χ2v) is 8.00. The molecule has 0 spiro atoms. The molecule has 3 rings (SSSR count). The maximum Gasteiger partial charge on any atom is 0.338 e. The van der Waals surface area contributed by atoms with E-state index in [1.165, 1.54) is 11.3 Å². The molecule has 0 aliphatic rings. The SMILES string of the molecule is C#CCn1c(=NC(=O)Cc2ccc(SC)cc2)sc2cc(C(=O)OCC)ccc21. The number of esters is 1. The third-order valence-electron chi connectivity index (χ3n) is 4.18. The number of hydrogen-bond donors (Lipinski definition) is 0. The predicted molar refractivity (Wildman–Crippen MR) is 117 cm³/mol. The van der Waals surface area contributed by atoms with Crippen LogP contribution in [0.1, 0.15) is 22.8 Å². The molecule has 29 heavy (non-hydrogen) atoms. The summed E-state index contributed by atoms with van der Waals surface area (Å²) < 4.78 is 7.69. The van der Waals surface area contributed by atoms with E-state index in [-0.39, 0.29) is 24.8 Å². The van der Waals surface area contributed by atoms with Gasteiger partial charge in [-0.05, 0) is 49.1 Å². The smallest absolute Gasteiger partial charge is 0.338 e. The minimum atomic E-state index is -0.380. The standard InChI is InChI=1S/C22H20N2O3S2/c1-4-12-24-18-11-8-16(21(26)27-5-2)14-19(18)29-22(24)23-20(25)13-15-6-9-17(28-3)10-7-15/h1,6-11,14H,5,12-13H2,2-3H3. The fraction of sp³-hybridized carbons (Fsp3) is 0.227. The molecule has 2 aromatic carbocycles. The first kappa shape index (κ1) is 20.9. The van der Waals surface area contributed by atoms with Gasteiger partial charge in [0.25, 0.3) is 5.91 Å². The topological polar surface area (TPSA) is 60.7 Å². The van der Waals surface area contributed by atoms with Gasteiger partial charge >= 0.3 is 5.97 Å². The van der Waals surface area contributed by atoms with Crippen LogP contribution in [-0.4, -0.2) is 29.3 Å².